The summed E-state index contributed by atoms with van der Waals surface area (Å²) in [6.07, 6.45) is 1.35. The number of aliphatic hydroxyl groups is 1. The molecule has 0 spiro atoms. The Kier molecular flexibility index (Phi) is 4.96. The predicted octanol–water partition coefficient (Wildman–Crippen LogP) is 4.24. The van der Waals surface area contributed by atoms with E-state index in [4.69, 9.17) is 17.0 Å². The van der Waals surface area contributed by atoms with Gasteiger partial charge in [-0.1, -0.05) is 32.1 Å². The van der Waals surface area contributed by atoms with Crippen LogP contribution >= 0.6 is 12.2 Å². The molecule has 1 N–H and O–H groups in total. The van der Waals surface area contributed by atoms with Crippen LogP contribution in [0.15, 0.2) is 23.8 Å². The second-order valence-corrected chi connectivity index (χ2v) is 11.0. The molecule has 5 unspecified atom stereocenters. The zero-order valence-corrected chi connectivity index (χ0v) is 19.4. The molecule has 0 radical (unpaired) electrons. The van der Waals surface area contributed by atoms with Gasteiger partial charge in [0.05, 0.1) is 6.10 Å². The number of fused-ring (bicyclic) bond motifs is 5. The molecule has 3 fully saturated rings. The van der Waals surface area contributed by atoms with Crippen LogP contribution in [0.5, 0.6) is 0 Å². The smallest absolute Gasteiger partial charge is 0.303 e. The normalized spacial score (nSPS) is 50.8. The molecular weight excluding hydrogens is 422 g/mol. The van der Waals surface area contributed by atoms with Crippen LogP contribution in [-0.4, -0.2) is 45.3 Å². The van der Waals surface area contributed by atoms with Crippen molar-refractivity contribution in [1.82, 2.24) is 0 Å². The minimum absolute atomic E-state index is 0.0257. The van der Waals surface area contributed by atoms with Gasteiger partial charge in [0.15, 0.2) is 17.1 Å². The largest absolute Gasteiger partial charge is 0.453 e. The van der Waals surface area contributed by atoms with Gasteiger partial charge in [0.25, 0.3) is 0 Å². The van der Waals surface area contributed by atoms with Crippen LogP contribution in [0.2, 0.25) is 0 Å². The average Bonchev–Trinajstić information content (AvgIpc) is 2.87. The molecule has 170 valence electrons. The number of hydrogen-bond donors (Lipinski definition) is 1. The number of carbonyl (C=O) groups excluding carboxylic acids is 2. The van der Waals surface area contributed by atoms with Crippen molar-refractivity contribution < 1.29 is 28.2 Å². The molecule has 31 heavy (non-hydrogen) atoms. The van der Waals surface area contributed by atoms with Gasteiger partial charge in [0.1, 0.15) is 6.17 Å². The molecule has 0 amide bonds. The summed E-state index contributed by atoms with van der Waals surface area (Å²) >= 11 is 5.58. The van der Waals surface area contributed by atoms with Crippen molar-refractivity contribution in [3.05, 3.63) is 23.8 Å². The second kappa shape index (κ2) is 6.77. The van der Waals surface area contributed by atoms with Crippen molar-refractivity contribution >= 4 is 28.8 Å². The Hall–Kier alpha value is -1.47. The molecule has 4 aliphatic carbocycles. The molecule has 9 atom stereocenters. The third kappa shape index (κ3) is 2.56. The number of carbonyl (C=O) groups is 2. The summed E-state index contributed by atoms with van der Waals surface area (Å²) in [5, 5.41) is 11.3. The van der Waals surface area contributed by atoms with Gasteiger partial charge in [-0.05, 0) is 56.8 Å². The van der Waals surface area contributed by atoms with Gasteiger partial charge in [-0.25, -0.2) is 8.78 Å². The van der Waals surface area contributed by atoms with Gasteiger partial charge in [0, 0.05) is 34.5 Å². The lowest BCUT2D eigenvalue weighted by atomic mass is 9.44. The van der Waals surface area contributed by atoms with Gasteiger partial charge in [-0.3, -0.25) is 9.59 Å². The molecule has 0 aliphatic heterocycles. The Bertz CT molecular complexity index is 931. The number of esters is 1. The number of rotatable bonds is 2. The van der Waals surface area contributed by atoms with E-state index in [-0.39, 0.29) is 36.0 Å². The Balaban J connectivity index is 1.89. The number of halogens is 2. The number of ketones is 1. The molecular formula is C24H30F2O4S. The van der Waals surface area contributed by atoms with Crippen molar-refractivity contribution in [2.75, 3.05) is 0 Å². The summed E-state index contributed by atoms with van der Waals surface area (Å²) in [6.45, 7) is 8.44. The zero-order chi connectivity index (χ0) is 23.1. The molecule has 0 aromatic rings. The van der Waals surface area contributed by atoms with E-state index < -0.39 is 46.3 Å². The quantitative estimate of drug-likeness (QED) is 0.502. The SMILES string of the molecule is CC(=O)OC1(C(C)=S)C(C)C[C@H]2[C@@H]3CC(F)C4=CC(=O)C=C[C@]4(C)C3(F)C(O)C[C@@]21C. The third-order valence-corrected chi connectivity index (χ3v) is 9.30. The van der Waals surface area contributed by atoms with E-state index in [1.807, 2.05) is 13.8 Å². The maximum atomic E-state index is 17.1. The predicted molar refractivity (Wildman–Crippen MR) is 116 cm³/mol. The fraction of sp³-hybridized carbons (Fsp3) is 0.708. The van der Waals surface area contributed by atoms with Crippen molar-refractivity contribution in [3.63, 3.8) is 0 Å². The fourth-order valence-electron chi connectivity index (χ4n) is 7.79. The number of thiocarbonyl (C=S) groups is 1. The van der Waals surface area contributed by atoms with Crippen LogP contribution in [0.3, 0.4) is 0 Å². The van der Waals surface area contributed by atoms with E-state index in [1.54, 1.807) is 13.8 Å². The van der Waals surface area contributed by atoms with Gasteiger partial charge in [0.2, 0.25) is 0 Å². The molecule has 4 aliphatic rings. The Labute approximate surface area is 187 Å². The minimum atomic E-state index is -2.15. The first-order valence-corrected chi connectivity index (χ1v) is 11.3. The maximum absolute atomic E-state index is 17.1. The number of hydrogen-bond acceptors (Lipinski definition) is 5. The first-order valence-electron chi connectivity index (χ1n) is 10.9. The summed E-state index contributed by atoms with van der Waals surface area (Å²) in [4.78, 5) is 24.5. The standard InChI is InChI=1S/C24H30F2O4S/c1-12-8-16-17-10-19(25)18-9-15(28)6-7-21(18,4)23(17,26)20(29)11-22(16,5)24(12,13(2)31)30-14(3)27/h6-7,9,12,16-17,19-20,29H,8,10-11H2,1-5H3/t12?,16-,17-,19?,20?,21-,22-,23?,24?/m0/s1. The van der Waals surface area contributed by atoms with Crippen LogP contribution in [-0.2, 0) is 14.3 Å². The summed E-state index contributed by atoms with van der Waals surface area (Å²) in [5.74, 6) is -2.22. The first-order chi connectivity index (χ1) is 14.3. The molecule has 3 saturated carbocycles. The Morgan fingerprint density at radius 1 is 1.26 bits per heavy atom. The van der Waals surface area contributed by atoms with E-state index in [2.05, 4.69) is 0 Å². The van der Waals surface area contributed by atoms with Gasteiger partial charge in [-0.2, -0.15) is 0 Å². The molecule has 4 nitrogen and oxygen atoms in total. The molecule has 0 saturated heterocycles. The number of alkyl halides is 2. The van der Waals surface area contributed by atoms with Gasteiger partial charge >= 0.3 is 5.97 Å². The molecule has 4 rings (SSSR count). The second-order valence-electron chi connectivity index (χ2n) is 10.4. The minimum Gasteiger partial charge on any atom is -0.453 e. The van der Waals surface area contributed by atoms with Crippen LogP contribution < -0.4 is 0 Å². The van der Waals surface area contributed by atoms with E-state index in [0.29, 0.717) is 11.3 Å². The van der Waals surface area contributed by atoms with Crippen LogP contribution in [0, 0.1) is 28.6 Å². The summed E-state index contributed by atoms with van der Waals surface area (Å²) in [7, 11) is 0. The van der Waals surface area contributed by atoms with Crippen molar-refractivity contribution in [1.29, 1.82) is 0 Å². The molecule has 0 aromatic carbocycles. The highest BCUT2D eigenvalue weighted by molar-refractivity contribution is 7.80. The van der Waals surface area contributed by atoms with Crippen LogP contribution in [0.4, 0.5) is 8.78 Å². The number of allylic oxidation sites excluding steroid dienone is 4. The highest BCUT2D eigenvalue weighted by Crippen LogP contribution is 2.71. The van der Waals surface area contributed by atoms with E-state index in [9.17, 15) is 14.7 Å². The third-order valence-electron chi connectivity index (χ3n) is 9.00. The molecule has 0 bridgehead atoms. The lowest BCUT2D eigenvalue weighted by molar-refractivity contribution is -0.220. The van der Waals surface area contributed by atoms with E-state index in [1.165, 1.54) is 25.2 Å². The number of ether oxygens (including phenoxy) is 1. The Morgan fingerprint density at radius 3 is 2.48 bits per heavy atom. The summed E-state index contributed by atoms with van der Waals surface area (Å²) in [6, 6.07) is 0. The topological polar surface area (TPSA) is 63.6 Å². The monoisotopic (exact) mass is 452 g/mol. The molecule has 7 heteroatoms. The van der Waals surface area contributed by atoms with Crippen molar-refractivity contribution in [2.24, 2.45) is 28.6 Å². The first kappa shape index (κ1) is 22.7. The van der Waals surface area contributed by atoms with Gasteiger partial charge < -0.3 is 9.84 Å². The molecule has 0 heterocycles. The summed E-state index contributed by atoms with van der Waals surface area (Å²) in [5.41, 5.74) is -5.45. The highest BCUT2D eigenvalue weighted by Gasteiger charge is 2.76. The molecule has 0 aromatic heterocycles. The lowest BCUT2D eigenvalue weighted by Gasteiger charge is -2.63. The Morgan fingerprint density at radius 2 is 1.90 bits per heavy atom. The fourth-order valence-corrected chi connectivity index (χ4v) is 8.27. The van der Waals surface area contributed by atoms with Crippen LogP contribution in [0.25, 0.3) is 0 Å². The average molecular weight is 453 g/mol. The maximum Gasteiger partial charge on any atom is 0.303 e. The van der Waals surface area contributed by atoms with E-state index >= 15 is 8.78 Å². The van der Waals surface area contributed by atoms with Crippen LogP contribution in [0.1, 0.15) is 53.9 Å². The zero-order valence-electron chi connectivity index (χ0n) is 18.6. The highest BCUT2D eigenvalue weighted by atomic mass is 32.1. The van der Waals surface area contributed by atoms with Crippen molar-refractivity contribution in [3.8, 4) is 0 Å². The van der Waals surface area contributed by atoms with Gasteiger partial charge in [-0.15, -0.1) is 0 Å². The summed E-state index contributed by atoms with van der Waals surface area (Å²) < 4.78 is 38.5. The van der Waals surface area contributed by atoms with E-state index in [0.717, 1.165) is 0 Å². The van der Waals surface area contributed by atoms with Crippen molar-refractivity contribution in [2.45, 2.75) is 77.4 Å². The number of aliphatic hydroxyl groups excluding tert-OH is 1. The lowest BCUT2D eigenvalue weighted by Crippen LogP contribution is -2.70.